The molecule has 6 nitrogen and oxygen atoms in total. The number of carbonyl (C=O) groups excluding carboxylic acids is 2. The first kappa shape index (κ1) is 20.2. The number of methoxy groups -OCH3 is 2. The van der Waals surface area contributed by atoms with Crippen LogP contribution >= 0.6 is 0 Å². The quantitative estimate of drug-likeness (QED) is 0.772. The van der Waals surface area contributed by atoms with Gasteiger partial charge in [0.05, 0.1) is 26.5 Å². The van der Waals surface area contributed by atoms with Gasteiger partial charge in [0.15, 0.2) is 0 Å². The second-order valence-electron chi connectivity index (χ2n) is 5.90. The largest absolute Gasteiger partial charge is 0.497 e. The summed E-state index contributed by atoms with van der Waals surface area (Å²) in [7, 11) is 3.02. The summed E-state index contributed by atoms with van der Waals surface area (Å²) in [6.07, 6.45) is 0.325. The molecule has 0 unspecified atom stereocenters. The Morgan fingerprint density at radius 3 is 2.48 bits per heavy atom. The molecule has 0 bridgehead atoms. The highest BCUT2D eigenvalue weighted by Gasteiger charge is 2.16. The van der Waals surface area contributed by atoms with Crippen LogP contribution in [0, 0.1) is 5.82 Å². The first-order chi connectivity index (χ1) is 12.9. The summed E-state index contributed by atoms with van der Waals surface area (Å²) in [4.78, 5) is 25.6. The van der Waals surface area contributed by atoms with E-state index in [-0.39, 0.29) is 30.7 Å². The zero-order chi connectivity index (χ0) is 19.8. The Morgan fingerprint density at radius 2 is 1.85 bits per heavy atom. The highest BCUT2D eigenvalue weighted by atomic mass is 19.1. The second kappa shape index (κ2) is 9.56. The van der Waals surface area contributed by atoms with E-state index < -0.39 is 0 Å². The van der Waals surface area contributed by atoms with Crippen molar-refractivity contribution >= 4 is 17.5 Å². The maximum absolute atomic E-state index is 13.7. The predicted octanol–water partition coefficient (Wildman–Crippen LogP) is 2.87. The van der Waals surface area contributed by atoms with Crippen LogP contribution in [0.15, 0.2) is 42.5 Å². The summed E-state index contributed by atoms with van der Waals surface area (Å²) in [6, 6.07) is 11.4. The SMILES string of the molecule is COc1ccc(NC(=O)CN(CCc2ccccc2F)C(C)=O)c(OC)c1. The fourth-order valence-corrected chi connectivity index (χ4v) is 2.57. The number of amides is 2. The monoisotopic (exact) mass is 374 g/mol. The molecule has 0 spiro atoms. The van der Waals surface area contributed by atoms with Gasteiger partial charge in [-0.25, -0.2) is 4.39 Å². The van der Waals surface area contributed by atoms with Gasteiger partial charge in [-0.3, -0.25) is 9.59 Å². The zero-order valence-corrected chi connectivity index (χ0v) is 15.6. The van der Waals surface area contributed by atoms with Crippen molar-refractivity contribution in [2.45, 2.75) is 13.3 Å². The third-order valence-corrected chi connectivity index (χ3v) is 4.07. The van der Waals surface area contributed by atoms with Gasteiger partial charge in [0.1, 0.15) is 17.3 Å². The number of halogens is 1. The van der Waals surface area contributed by atoms with Gasteiger partial charge in [-0.2, -0.15) is 0 Å². The summed E-state index contributed by atoms with van der Waals surface area (Å²) < 4.78 is 24.1. The lowest BCUT2D eigenvalue weighted by atomic mass is 10.1. The third-order valence-electron chi connectivity index (χ3n) is 4.07. The first-order valence-corrected chi connectivity index (χ1v) is 8.45. The lowest BCUT2D eigenvalue weighted by Gasteiger charge is -2.21. The van der Waals surface area contributed by atoms with E-state index in [9.17, 15) is 14.0 Å². The normalized spacial score (nSPS) is 10.2. The van der Waals surface area contributed by atoms with E-state index in [1.54, 1.807) is 36.4 Å². The van der Waals surface area contributed by atoms with E-state index in [4.69, 9.17) is 9.47 Å². The average Bonchev–Trinajstić information content (AvgIpc) is 2.66. The van der Waals surface area contributed by atoms with Crippen LogP contribution in [0.5, 0.6) is 11.5 Å². The number of anilines is 1. The Kier molecular flexibility index (Phi) is 7.16. The van der Waals surface area contributed by atoms with Crippen molar-refractivity contribution in [3.63, 3.8) is 0 Å². The van der Waals surface area contributed by atoms with Crippen molar-refractivity contribution in [3.8, 4) is 11.5 Å². The van der Waals surface area contributed by atoms with Gasteiger partial charge in [0.25, 0.3) is 0 Å². The molecule has 0 atom stereocenters. The van der Waals surface area contributed by atoms with Crippen molar-refractivity contribution in [2.75, 3.05) is 32.6 Å². The number of rotatable bonds is 8. The highest BCUT2D eigenvalue weighted by molar-refractivity contribution is 5.95. The van der Waals surface area contributed by atoms with Crippen molar-refractivity contribution in [1.29, 1.82) is 0 Å². The van der Waals surface area contributed by atoms with Crippen LogP contribution in [0.3, 0.4) is 0 Å². The molecule has 27 heavy (non-hydrogen) atoms. The van der Waals surface area contributed by atoms with E-state index in [1.165, 1.54) is 32.1 Å². The van der Waals surface area contributed by atoms with Crippen molar-refractivity contribution < 1.29 is 23.5 Å². The molecule has 0 saturated heterocycles. The first-order valence-electron chi connectivity index (χ1n) is 8.45. The molecule has 0 fully saturated rings. The second-order valence-corrected chi connectivity index (χ2v) is 5.90. The molecule has 144 valence electrons. The maximum atomic E-state index is 13.7. The molecule has 2 aromatic rings. The Balaban J connectivity index is 2.01. The molecule has 7 heteroatoms. The van der Waals surface area contributed by atoms with E-state index in [1.807, 2.05) is 0 Å². The Labute approximate surface area is 157 Å². The third kappa shape index (κ3) is 5.70. The van der Waals surface area contributed by atoms with E-state index in [2.05, 4.69) is 5.32 Å². The van der Waals surface area contributed by atoms with Gasteiger partial charge in [0, 0.05) is 19.5 Å². The van der Waals surface area contributed by atoms with Gasteiger partial charge in [-0.05, 0) is 30.2 Å². The highest BCUT2D eigenvalue weighted by Crippen LogP contribution is 2.28. The van der Waals surface area contributed by atoms with Crippen LogP contribution in [0.2, 0.25) is 0 Å². The van der Waals surface area contributed by atoms with Gasteiger partial charge in [0.2, 0.25) is 11.8 Å². The number of hydrogen-bond acceptors (Lipinski definition) is 4. The molecule has 1 N–H and O–H groups in total. The molecule has 0 aliphatic carbocycles. The number of nitrogens with zero attached hydrogens (tertiary/aromatic N) is 1. The van der Waals surface area contributed by atoms with Crippen LogP contribution in [0.4, 0.5) is 10.1 Å². The minimum Gasteiger partial charge on any atom is -0.497 e. The number of benzene rings is 2. The van der Waals surface area contributed by atoms with Gasteiger partial charge in [-0.15, -0.1) is 0 Å². The molecular formula is C20H23FN2O4. The van der Waals surface area contributed by atoms with Crippen LogP contribution in [-0.4, -0.2) is 44.0 Å². The fourth-order valence-electron chi connectivity index (χ4n) is 2.57. The number of nitrogens with one attached hydrogen (secondary N) is 1. The Morgan fingerprint density at radius 1 is 1.11 bits per heavy atom. The molecule has 0 aliphatic heterocycles. The van der Waals surface area contributed by atoms with Crippen molar-refractivity contribution in [3.05, 3.63) is 53.8 Å². The van der Waals surface area contributed by atoms with Crippen LogP contribution in [0.1, 0.15) is 12.5 Å². The number of carbonyl (C=O) groups is 2. The molecule has 0 aliphatic rings. The summed E-state index contributed by atoms with van der Waals surface area (Å²) in [5.41, 5.74) is 0.974. The standard InChI is InChI=1S/C20H23FN2O4/c1-14(24)23(11-10-15-6-4-5-7-17(15)21)13-20(25)22-18-9-8-16(26-2)12-19(18)27-3/h4-9,12H,10-11,13H2,1-3H3,(H,22,25). The lowest BCUT2D eigenvalue weighted by molar-refractivity contribution is -0.132. The van der Waals surface area contributed by atoms with Crippen LogP contribution in [-0.2, 0) is 16.0 Å². The van der Waals surface area contributed by atoms with Crippen LogP contribution in [0.25, 0.3) is 0 Å². The van der Waals surface area contributed by atoms with E-state index in [0.717, 1.165) is 0 Å². The van der Waals surface area contributed by atoms with Gasteiger partial charge < -0.3 is 19.7 Å². The van der Waals surface area contributed by atoms with Crippen molar-refractivity contribution in [2.24, 2.45) is 0 Å². The fraction of sp³-hybridized carbons (Fsp3) is 0.300. The number of ether oxygens (including phenoxy) is 2. The molecule has 2 aromatic carbocycles. The van der Waals surface area contributed by atoms with Crippen LogP contribution < -0.4 is 14.8 Å². The van der Waals surface area contributed by atoms with E-state index >= 15 is 0 Å². The summed E-state index contributed by atoms with van der Waals surface area (Å²) in [5, 5.41) is 2.72. The van der Waals surface area contributed by atoms with Gasteiger partial charge in [-0.1, -0.05) is 18.2 Å². The van der Waals surface area contributed by atoms with E-state index in [0.29, 0.717) is 29.2 Å². The van der Waals surface area contributed by atoms with Gasteiger partial charge >= 0.3 is 0 Å². The molecule has 0 saturated carbocycles. The molecule has 2 amide bonds. The average molecular weight is 374 g/mol. The lowest BCUT2D eigenvalue weighted by Crippen LogP contribution is -2.38. The smallest absolute Gasteiger partial charge is 0.244 e. The molecule has 0 heterocycles. The zero-order valence-electron chi connectivity index (χ0n) is 15.6. The summed E-state index contributed by atoms with van der Waals surface area (Å²) in [5.74, 6) is 0.0855. The minimum absolute atomic E-state index is 0.140. The Bertz CT molecular complexity index is 810. The summed E-state index contributed by atoms with van der Waals surface area (Å²) >= 11 is 0. The number of hydrogen-bond donors (Lipinski definition) is 1. The Hall–Kier alpha value is -3.09. The molecule has 2 rings (SSSR count). The molecular weight excluding hydrogens is 351 g/mol. The molecule has 0 aromatic heterocycles. The maximum Gasteiger partial charge on any atom is 0.244 e. The van der Waals surface area contributed by atoms with Crippen molar-refractivity contribution in [1.82, 2.24) is 4.90 Å². The predicted molar refractivity (Wildman–Crippen MR) is 101 cm³/mol. The molecule has 0 radical (unpaired) electrons. The topological polar surface area (TPSA) is 67.9 Å². The summed E-state index contributed by atoms with van der Waals surface area (Å²) in [6.45, 7) is 1.48. The minimum atomic E-state index is -0.373.